The molecular weight excluding hydrogens is 2130 g/mol. The highest BCUT2D eigenvalue weighted by Gasteiger charge is 2.39. The van der Waals surface area contributed by atoms with E-state index in [9.17, 15) is 0 Å². The van der Waals surface area contributed by atoms with Gasteiger partial charge in [0.25, 0.3) is 0 Å². The summed E-state index contributed by atoms with van der Waals surface area (Å²) in [6.07, 6.45) is 9.77. The van der Waals surface area contributed by atoms with Gasteiger partial charge in [-0.2, -0.15) is 0 Å². The minimum atomic E-state index is -0.578. The Morgan fingerprint density at radius 3 is 0.455 bits per heavy atom. The summed E-state index contributed by atoms with van der Waals surface area (Å²) < 4.78 is 100. The summed E-state index contributed by atoms with van der Waals surface area (Å²) in [4.78, 5) is 0. The van der Waals surface area contributed by atoms with E-state index < -0.39 is 21.7 Å². The summed E-state index contributed by atoms with van der Waals surface area (Å²) in [5.74, 6) is 0. The fourth-order valence-corrected chi connectivity index (χ4v) is 10.3. The Morgan fingerprint density at radius 2 is 0.312 bits per heavy atom. The van der Waals surface area contributed by atoms with Crippen molar-refractivity contribution in [3.05, 3.63) is 0 Å². The average Bonchev–Trinajstić information content (AvgIpc) is 3.43. The number of rotatable bonds is 66. The van der Waals surface area contributed by atoms with Crippen molar-refractivity contribution in [2.45, 2.75) is 64.2 Å². The van der Waals surface area contributed by atoms with Crippen molar-refractivity contribution in [3.8, 4) is 0 Å². The number of halogens is 10. The average molecular weight is 2230 g/mol. The fraction of sp³-hybridized carbons (Fsp3) is 1.00. The van der Waals surface area contributed by atoms with Crippen LogP contribution in [-0.2, 0) is 66.3 Å². The van der Waals surface area contributed by atoms with Gasteiger partial charge in [0.1, 0.15) is 0 Å². The van der Waals surface area contributed by atoms with E-state index in [1.54, 1.807) is 0 Å². The maximum atomic E-state index is 6.83. The van der Waals surface area contributed by atoms with Crippen LogP contribution in [0.4, 0.5) is 0 Å². The van der Waals surface area contributed by atoms with Crippen LogP contribution in [-0.4, -0.2) is 230 Å². The van der Waals surface area contributed by atoms with Crippen LogP contribution in [0.2, 0.25) is 0 Å². The van der Waals surface area contributed by atoms with Crippen LogP contribution in [0.1, 0.15) is 64.2 Å². The van der Waals surface area contributed by atoms with E-state index >= 15 is 0 Å². The zero-order chi connectivity index (χ0) is 56.5. The molecule has 77 heavy (non-hydrogen) atoms. The maximum Gasteiger partial charge on any atom is 0.0982 e. The zero-order valence-corrected chi connectivity index (χ0v) is 67.5. The molecule has 15 nitrogen and oxygen atoms in total. The molecule has 0 aromatic rings. The van der Waals surface area contributed by atoms with E-state index in [0.717, 1.165) is 108 Å². The minimum absolute atomic E-state index is 0.254. The smallest absolute Gasteiger partial charge is 0.0982 e. The first-order valence-corrected chi connectivity index (χ1v) is 42.4. The summed E-state index contributed by atoms with van der Waals surface area (Å²) in [5.41, 5.74) is -2.11. The number of hydrogen-bond acceptors (Lipinski definition) is 15. The first kappa shape index (κ1) is 83.7. The van der Waals surface area contributed by atoms with E-state index in [4.69, 9.17) is 66.3 Å². The van der Waals surface area contributed by atoms with Crippen molar-refractivity contribution in [2.75, 3.05) is 230 Å². The molecule has 0 unspecified atom stereocenters. The van der Waals surface area contributed by atoms with Gasteiger partial charge in [-0.1, -0.05) is 226 Å². The third-order valence-electron chi connectivity index (χ3n) is 11.2. The SMILES string of the molecule is ICCCOCC(COCCCI)(COCCCI)COCC(COCCCI)(COCCCI)COCNCOCC(COCCCI)(COCCCI)COCC(COCCCI)(COCCCI)COCCCI. The Labute approximate surface area is 603 Å². The van der Waals surface area contributed by atoms with Gasteiger partial charge in [0.05, 0.1) is 141 Å². The molecule has 0 bridgehead atoms. The van der Waals surface area contributed by atoms with Gasteiger partial charge < -0.3 is 66.3 Å². The number of ether oxygens (including phenoxy) is 14. The highest BCUT2D eigenvalue weighted by atomic mass is 127. The van der Waals surface area contributed by atoms with Crippen LogP contribution in [0.25, 0.3) is 0 Å². The van der Waals surface area contributed by atoms with Gasteiger partial charge in [0.2, 0.25) is 0 Å². The summed E-state index contributed by atoms with van der Waals surface area (Å²) >= 11 is 24.0. The van der Waals surface area contributed by atoms with Gasteiger partial charge in [-0.25, -0.2) is 0 Å². The lowest BCUT2D eigenvalue weighted by molar-refractivity contribution is -0.147. The molecule has 0 spiro atoms. The van der Waals surface area contributed by atoms with Crippen LogP contribution in [0.15, 0.2) is 0 Å². The van der Waals surface area contributed by atoms with Crippen molar-refractivity contribution in [1.82, 2.24) is 5.32 Å². The van der Waals surface area contributed by atoms with E-state index in [2.05, 4.69) is 231 Å². The second kappa shape index (κ2) is 62.9. The highest BCUT2D eigenvalue weighted by Crippen LogP contribution is 2.28. The number of hydrogen-bond donors (Lipinski definition) is 1. The molecule has 0 amide bonds. The summed E-state index contributed by atoms with van der Waals surface area (Å²) in [6, 6.07) is 0. The summed E-state index contributed by atoms with van der Waals surface area (Å²) in [5, 5.41) is 3.40. The maximum absolute atomic E-state index is 6.83. The number of nitrogens with one attached hydrogen (secondary N) is 1. The standard InChI is InChI=1S/C52H97I10NO14/c53-11-1-21-64-31-49(32-65-22-2-12-54,33-66-23-3-13-55)41-74-43-51(37-70-27-7-17-59,38-71-28-8-18-60)45-76-47-63-48-77-46-52(39-72-29-9-19-61,40-73-30-10-20-62)44-75-42-50(34-67-24-4-14-56,35-68-25-5-15-57)36-69-26-6-16-58/h63H,1-48H2. The third-order valence-corrected chi connectivity index (χ3v) is 18.8. The fourth-order valence-electron chi connectivity index (χ4n) is 7.14. The first-order chi connectivity index (χ1) is 37.7. The molecule has 0 radical (unpaired) electrons. The molecule has 0 saturated heterocycles. The van der Waals surface area contributed by atoms with E-state index in [1.165, 1.54) is 0 Å². The van der Waals surface area contributed by atoms with Crippen LogP contribution in [0, 0.1) is 21.7 Å². The lowest BCUT2D eigenvalue weighted by atomic mass is 9.90. The van der Waals surface area contributed by atoms with Gasteiger partial charge in [0, 0.05) is 110 Å². The van der Waals surface area contributed by atoms with Crippen LogP contribution >= 0.6 is 226 Å². The Kier molecular flexibility index (Phi) is 68.3. The molecular formula is C52H97I10NO14. The lowest BCUT2D eigenvalue weighted by Crippen LogP contribution is -2.47. The van der Waals surface area contributed by atoms with Crippen LogP contribution in [0.5, 0.6) is 0 Å². The largest absolute Gasteiger partial charge is 0.381 e. The van der Waals surface area contributed by atoms with E-state index in [0.29, 0.717) is 172 Å². The predicted molar refractivity (Wildman–Crippen MR) is 399 cm³/mol. The zero-order valence-electron chi connectivity index (χ0n) is 45.9. The molecule has 1 N–H and O–H groups in total. The Hall–Kier alpha value is 6.70. The third kappa shape index (κ3) is 49.1. The Balaban J connectivity index is 6.51. The molecule has 0 atom stereocenters. The van der Waals surface area contributed by atoms with E-state index in [-0.39, 0.29) is 13.5 Å². The molecule has 0 fully saturated rings. The molecule has 0 aliphatic rings. The van der Waals surface area contributed by atoms with Gasteiger partial charge in [-0.15, -0.1) is 0 Å². The van der Waals surface area contributed by atoms with E-state index in [1.807, 2.05) is 0 Å². The monoisotopic (exact) mass is 2230 g/mol. The van der Waals surface area contributed by atoms with Gasteiger partial charge in [-0.05, 0) is 64.2 Å². The second-order valence-electron chi connectivity index (χ2n) is 19.2. The molecule has 25 heteroatoms. The van der Waals surface area contributed by atoms with Crippen LogP contribution in [0.3, 0.4) is 0 Å². The van der Waals surface area contributed by atoms with Crippen molar-refractivity contribution >= 4 is 226 Å². The molecule has 0 aliphatic heterocycles. The minimum Gasteiger partial charge on any atom is -0.381 e. The molecule has 0 heterocycles. The Bertz CT molecular complexity index is 1040. The quantitative estimate of drug-likeness (QED) is 0.0267. The lowest BCUT2D eigenvalue weighted by Gasteiger charge is -2.37. The van der Waals surface area contributed by atoms with Crippen LogP contribution < -0.4 is 5.32 Å². The van der Waals surface area contributed by atoms with Crippen molar-refractivity contribution in [1.29, 1.82) is 0 Å². The number of alkyl halides is 10. The first-order valence-electron chi connectivity index (χ1n) is 27.1. The predicted octanol–water partition coefficient (Wildman–Crippen LogP) is 12.9. The second-order valence-corrected chi connectivity index (χ2v) is 30.0. The molecule has 464 valence electrons. The molecule has 0 aromatic heterocycles. The Morgan fingerprint density at radius 1 is 0.182 bits per heavy atom. The molecule has 0 aliphatic carbocycles. The summed E-state index contributed by atoms with van der Waals surface area (Å²) in [6.45, 7) is 14.1. The van der Waals surface area contributed by atoms with Gasteiger partial charge >= 0.3 is 0 Å². The van der Waals surface area contributed by atoms with Gasteiger partial charge in [0.15, 0.2) is 0 Å². The molecule has 0 saturated carbocycles. The van der Waals surface area contributed by atoms with Crippen molar-refractivity contribution < 1.29 is 66.3 Å². The summed E-state index contributed by atoms with van der Waals surface area (Å²) in [7, 11) is 0. The molecule has 0 rings (SSSR count). The molecule has 0 aromatic carbocycles. The van der Waals surface area contributed by atoms with Crippen molar-refractivity contribution in [3.63, 3.8) is 0 Å². The van der Waals surface area contributed by atoms with Crippen molar-refractivity contribution in [2.24, 2.45) is 21.7 Å². The highest BCUT2D eigenvalue weighted by molar-refractivity contribution is 14.1. The normalized spacial score (nSPS) is 12.7. The van der Waals surface area contributed by atoms with Gasteiger partial charge in [-0.3, -0.25) is 5.32 Å². The topological polar surface area (TPSA) is 141 Å².